The molecule has 0 saturated carbocycles. The summed E-state index contributed by atoms with van der Waals surface area (Å²) in [7, 11) is 0. The molecule has 0 bridgehead atoms. The van der Waals surface area contributed by atoms with Gasteiger partial charge in [0.15, 0.2) is 0 Å². The summed E-state index contributed by atoms with van der Waals surface area (Å²) >= 11 is 0. The summed E-state index contributed by atoms with van der Waals surface area (Å²) in [6.45, 7) is 0.912. The third-order valence-corrected chi connectivity index (χ3v) is 5.14. The van der Waals surface area contributed by atoms with Crippen molar-refractivity contribution in [3.8, 4) is 17.2 Å². The zero-order valence-corrected chi connectivity index (χ0v) is 25.9. The van der Waals surface area contributed by atoms with Crippen LogP contribution in [0.5, 0.6) is 17.2 Å². The van der Waals surface area contributed by atoms with Gasteiger partial charge in [-0.2, -0.15) is 36.4 Å². The first-order valence-electron chi connectivity index (χ1n) is 12.6. The van der Waals surface area contributed by atoms with E-state index < -0.39 is 5.54 Å². The van der Waals surface area contributed by atoms with Crippen molar-refractivity contribution < 1.29 is 65.4 Å². The van der Waals surface area contributed by atoms with E-state index in [0.717, 1.165) is 17.2 Å². The van der Waals surface area contributed by atoms with Crippen molar-refractivity contribution in [3.63, 3.8) is 0 Å². The Balaban J connectivity index is 0.000000722. The van der Waals surface area contributed by atoms with Crippen molar-refractivity contribution >= 4 is 0 Å². The molecule has 0 radical (unpaired) electrons. The SMILES string of the molecule is NC(CO[c-]1cccc1)(CO[c-]1cccc1)CO[c-]1cccc1.[Fe].[Fe].[Fe].[cH-]1[cH-][cH-][cH-][cH-]1.c1cc[cH-]c1.c1cc[cH-]c1. The molecular weight excluding hydrogens is 638 g/mol. The molecule has 0 unspecified atom stereocenters. The van der Waals surface area contributed by atoms with E-state index in [9.17, 15) is 0 Å². The molecule has 0 atom stereocenters. The Morgan fingerprint density at radius 1 is 0.439 bits per heavy atom. The normalized spacial score (nSPS) is 9.29. The van der Waals surface area contributed by atoms with Gasteiger partial charge in [-0.05, 0) is 0 Å². The monoisotopic (exact) mass is 673 g/mol. The van der Waals surface area contributed by atoms with Gasteiger partial charge < -0.3 is 50.3 Å². The third kappa shape index (κ3) is 17.4. The fourth-order valence-electron chi connectivity index (χ4n) is 3.13. The van der Waals surface area contributed by atoms with Crippen molar-refractivity contribution in [1.29, 1.82) is 0 Å². The van der Waals surface area contributed by atoms with Gasteiger partial charge in [-0.3, -0.25) is 0 Å². The zero-order valence-electron chi connectivity index (χ0n) is 22.6. The van der Waals surface area contributed by atoms with Gasteiger partial charge in [0.25, 0.3) is 0 Å². The van der Waals surface area contributed by atoms with Crippen LogP contribution in [0.3, 0.4) is 0 Å². The minimum absolute atomic E-state index is 0. The standard InChI is InChI=1S/C19H20NO3.3C5H5.3Fe/c20-19(13-21-16-7-1-2-8-16,14-22-17-9-3-4-10-17)15-23-18-11-5-6-12-18;3*1-2-4-5-3-1;;;/h1-12H,13-15,20H2;3*1-5H;;;/q-3;-5;2*-1;;;. The van der Waals surface area contributed by atoms with E-state index >= 15 is 0 Å². The summed E-state index contributed by atoms with van der Waals surface area (Å²) in [5.74, 6) is 2.38. The van der Waals surface area contributed by atoms with Gasteiger partial charge in [-0.15, -0.1) is 36.4 Å². The van der Waals surface area contributed by atoms with E-state index in [2.05, 4.69) is 0 Å². The maximum Gasteiger partial charge on any atom is 0.114 e. The maximum absolute atomic E-state index is 6.47. The van der Waals surface area contributed by atoms with Crippen LogP contribution in [-0.2, 0) is 51.2 Å². The first kappa shape index (κ1) is 38.0. The fraction of sp³-hybridized carbons (Fsp3) is 0.118. The van der Waals surface area contributed by atoms with Gasteiger partial charge in [-0.25, -0.2) is 60.7 Å². The van der Waals surface area contributed by atoms with Crippen LogP contribution in [0.2, 0.25) is 0 Å². The Hall–Kier alpha value is -2.98. The summed E-state index contributed by atoms with van der Waals surface area (Å²) < 4.78 is 17.3. The molecule has 0 aliphatic carbocycles. The average Bonchev–Trinajstić information content (AvgIpc) is 3.83. The molecule has 6 aromatic carbocycles. The molecule has 228 valence electrons. The van der Waals surface area contributed by atoms with Crippen molar-refractivity contribution in [2.75, 3.05) is 19.8 Å². The predicted octanol–water partition coefficient (Wildman–Crippen LogP) is 7.29. The summed E-state index contributed by atoms with van der Waals surface area (Å²) in [6, 6.07) is 52.9. The van der Waals surface area contributed by atoms with Crippen molar-refractivity contribution in [3.05, 3.63) is 164 Å². The third-order valence-electron chi connectivity index (χ3n) is 5.14. The van der Waals surface area contributed by atoms with E-state index in [-0.39, 0.29) is 51.2 Å². The molecule has 0 amide bonds. The molecule has 0 saturated heterocycles. The number of hydrogen-bond acceptors (Lipinski definition) is 4. The van der Waals surface area contributed by atoms with Crippen LogP contribution in [0, 0.1) is 0 Å². The van der Waals surface area contributed by atoms with Crippen molar-refractivity contribution in [2.24, 2.45) is 5.73 Å². The molecule has 6 rings (SSSR count). The minimum atomic E-state index is -0.758. The molecule has 7 heteroatoms. The second-order valence-electron chi connectivity index (χ2n) is 8.48. The molecule has 0 spiro atoms. The quantitative estimate of drug-likeness (QED) is 0.130. The molecule has 4 nitrogen and oxygen atoms in total. The van der Waals surface area contributed by atoms with Crippen molar-refractivity contribution in [1.82, 2.24) is 0 Å². The van der Waals surface area contributed by atoms with E-state index in [1.807, 2.05) is 164 Å². The van der Waals surface area contributed by atoms with Gasteiger partial charge in [0, 0.05) is 68.5 Å². The zero-order chi connectivity index (χ0) is 26.6. The van der Waals surface area contributed by atoms with Crippen LogP contribution in [0.1, 0.15) is 0 Å². The Bertz CT molecular complexity index is 1000. The van der Waals surface area contributed by atoms with E-state index in [0.29, 0.717) is 19.8 Å². The van der Waals surface area contributed by atoms with Gasteiger partial charge >= 0.3 is 0 Å². The molecular formula is C34H35Fe3NO3-10. The van der Waals surface area contributed by atoms with Crippen LogP contribution < -0.4 is 19.9 Å². The molecule has 0 aliphatic heterocycles. The molecule has 6 aromatic rings. The molecule has 0 fully saturated rings. The first-order chi connectivity index (χ1) is 18.7. The summed E-state index contributed by atoms with van der Waals surface area (Å²) in [6.07, 6.45) is 0. The first-order valence-corrected chi connectivity index (χ1v) is 12.6. The van der Waals surface area contributed by atoms with Gasteiger partial charge in [0.05, 0.1) is 19.8 Å². The van der Waals surface area contributed by atoms with Crippen molar-refractivity contribution in [2.45, 2.75) is 5.54 Å². The number of ether oxygens (including phenoxy) is 3. The van der Waals surface area contributed by atoms with Gasteiger partial charge in [0.1, 0.15) is 5.54 Å². The molecule has 2 N–H and O–H groups in total. The Morgan fingerprint density at radius 2 is 0.683 bits per heavy atom. The van der Waals surface area contributed by atoms with Gasteiger partial charge in [0.2, 0.25) is 0 Å². The van der Waals surface area contributed by atoms with Crippen LogP contribution in [-0.4, -0.2) is 25.4 Å². The topological polar surface area (TPSA) is 53.7 Å². The number of hydrogen-bond donors (Lipinski definition) is 1. The largest absolute Gasteiger partial charge is 0.748 e. The smallest absolute Gasteiger partial charge is 0.114 e. The molecule has 0 aliphatic rings. The Kier molecular flexibility index (Phi) is 22.0. The predicted molar refractivity (Wildman–Crippen MR) is 156 cm³/mol. The van der Waals surface area contributed by atoms with E-state index in [4.69, 9.17) is 19.9 Å². The van der Waals surface area contributed by atoms with Crippen LogP contribution in [0.15, 0.2) is 164 Å². The Labute approximate surface area is 276 Å². The molecule has 0 aromatic heterocycles. The number of nitrogens with two attached hydrogens (primary N) is 1. The van der Waals surface area contributed by atoms with Crippen LogP contribution in [0.4, 0.5) is 0 Å². The Morgan fingerprint density at radius 3 is 0.878 bits per heavy atom. The molecule has 0 heterocycles. The second-order valence-corrected chi connectivity index (χ2v) is 8.48. The second kappa shape index (κ2) is 23.7. The number of rotatable bonds is 9. The average molecular weight is 673 g/mol. The van der Waals surface area contributed by atoms with Crippen LogP contribution >= 0.6 is 0 Å². The van der Waals surface area contributed by atoms with Crippen LogP contribution in [0.25, 0.3) is 0 Å². The minimum Gasteiger partial charge on any atom is -0.748 e. The molecule has 41 heavy (non-hydrogen) atoms. The fourth-order valence-corrected chi connectivity index (χ4v) is 3.13. The maximum atomic E-state index is 6.47. The van der Waals surface area contributed by atoms with E-state index in [1.165, 1.54) is 0 Å². The summed E-state index contributed by atoms with van der Waals surface area (Å²) in [5.41, 5.74) is 5.71. The van der Waals surface area contributed by atoms with Gasteiger partial charge in [-0.1, -0.05) is 0 Å². The van der Waals surface area contributed by atoms with E-state index in [1.54, 1.807) is 0 Å². The summed E-state index contributed by atoms with van der Waals surface area (Å²) in [4.78, 5) is 0. The summed E-state index contributed by atoms with van der Waals surface area (Å²) in [5, 5.41) is 0.